The molecule has 2 nitrogen and oxygen atoms in total. The van der Waals surface area contributed by atoms with Crippen molar-refractivity contribution >= 4 is 5.84 Å². The zero-order chi connectivity index (χ0) is 8.41. The van der Waals surface area contributed by atoms with E-state index in [0.29, 0.717) is 0 Å². The maximum absolute atomic E-state index is 3.93. The highest BCUT2D eigenvalue weighted by Gasteiger charge is 1.84. The van der Waals surface area contributed by atoms with Crippen molar-refractivity contribution in [3.8, 4) is 0 Å². The summed E-state index contributed by atoms with van der Waals surface area (Å²) in [5.41, 5.74) is 0. The highest BCUT2D eigenvalue weighted by atomic mass is 15.0. The molecule has 0 atom stereocenters. The predicted molar refractivity (Wildman–Crippen MR) is 48.3 cm³/mol. The van der Waals surface area contributed by atoms with E-state index in [1.807, 2.05) is 20.8 Å². The Morgan fingerprint density at radius 1 is 1.60 bits per heavy atom. The van der Waals surface area contributed by atoms with Crippen LogP contribution >= 0.6 is 0 Å². The van der Waals surface area contributed by atoms with Crippen LogP contribution in [0.1, 0.15) is 27.2 Å². The molecule has 0 aromatic rings. The van der Waals surface area contributed by atoms with Crippen molar-refractivity contribution in [1.29, 1.82) is 0 Å². The van der Waals surface area contributed by atoms with E-state index in [1.54, 1.807) is 13.2 Å². The lowest BCUT2D eigenvalue weighted by atomic mass is 10.4. The molecule has 0 aromatic heterocycles. The molecule has 2 heteroatoms. The van der Waals surface area contributed by atoms with Gasteiger partial charge in [0.15, 0.2) is 0 Å². The first-order valence-corrected chi connectivity index (χ1v) is 3.68. The third-order valence-corrected chi connectivity index (χ3v) is 0.873. The van der Waals surface area contributed by atoms with Gasteiger partial charge in [0, 0.05) is 13.5 Å². The first kappa shape index (κ1) is 11.9. The highest BCUT2D eigenvalue weighted by molar-refractivity contribution is 5.82. The normalized spacial score (nSPS) is 9.40. The highest BCUT2D eigenvalue weighted by Crippen LogP contribution is 1.77. The first-order valence-electron chi connectivity index (χ1n) is 3.68. The van der Waals surface area contributed by atoms with Crippen molar-refractivity contribution in [3.05, 3.63) is 12.8 Å². The Kier molecular flexibility index (Phi) is 13.2. The summed E-state index contributed by atoms with van der Waals surface area (Å²) in [6.45, 7) is 9.54. The van der Waals surface area contributed by atoms with Crippen molar-refractivity contribution in [2.24, 2.45) is 4.99 Å². The van der Waals surface area contributed by atoms with Crippen molar-refractivity contribution < 1.29 is 0 Å². The van der Waals surface area contributed by atoms with Gasteiger partial charge in [0.2, 0.25) is 0 Å². The van der Waals surface area contributed by atoms with Crippen LogP contribution in [0.4, 0.5) is 0 Å². The predicted octanol–water partition coefficient (Wildman–Crippen LogP) is 2.18. The molecule has 0 bridgehead atoms. The molecule has 60 valence electrons. The summed E-state index contributed by atoms with van der Waals surface area (Å²) in [6.07, 6.45) is 2.56. The molecule has 0 unspecified atom stereocenters. The van der Waals surface area contributed by atoms with Crippen LogP contribution in [0.3, 0.4) is 0 Å². The van der Waals surface area contributed by atoms with Gasteiger partial charge in [-0.05, 0) is 6.20 Å². The minimum atomic E-state index is 0.933. The number of aliphatic imine (C=N–C) groups is 1. The van der Waals surface area contributed by atoms with E-state index in [2.05, 4.69) is 16.9 Å². The topological polar surface area (TPSA) is 24.4 Å². The molecule has 0 spiro atoms. The molecule has 0 aromatic carbocycles. The molecule has 0 heterocycles. The van der Waals surface area contributed by atoms with E-state index >= 15 is 0 Å². The number of rotatable bonds is 2. The van der Waals surface area contributed by atoms with Gasteiger partial charge in [-0.15, -0.1) is 0 Å². The number of amidine groups is 1. The number of hydrogen-bond acceptors (Lipinski definition) is 1. The second-order valence-corrected chi connectivity index (χ2v) is 1.37. The van der Waals surface area contributed by atoms with Gasteiger partial charge >= 0.3 is 0 Å². The van der Waals surface area contributed by atoms with Crippen LogP contribution in [0.5, 0.6) is 0 Å². The molecule has 0 saturated carbocycles. The summed E-state index contributed by atoms with van der Waals surface area (Å²) in [5, 5.41) is 2.90. The van der Waals surface area contributed by atoms with Gasteiger partial charge in [0.25, 0.3) is 0 Å². The van der Waals surface area contributed by atoms with Gasteiger partial charge in [0.05, 0.1) is 5.84 Å². The van der Waals surface area contributed by atoms with Gasteiger partial charge in [-0.3, -0.25) is 4.99 Å². The molecule has 10 heavy (non-hydrogen) atoms. The molecule has 0 fully saturated rings. The number of nitrogens with one attached hydrogen (secondary N) is 1. The van der Waals surface area contributed by atoms with Crippen LogP contribution in [0.15, 0.2) is 17.8 Å². The summed E-state index contributed by atoms with van der Waals surface area (Å²) in [7, 11) is 1.76. The van der Waals surface area contributed by atoms with Gasteiger partial charge in [-0.2, -0.15) is 0 Å². The molecule has 0 radical (unpaired) electrons. The molecular weight excluding hydrogens is 124 g/mol. The average molecular weight is 142 g/mol. The van der Waals surface area contributed by atoms with Gasteiger partial charge in [-0.1, -0.05) is 27.4 Å². The Balaban J connectivity index is 0. The first-order chi connectivity index (χ1) is 4.85. The van der Waals surface area contributed by atoms with Crippen LogP contribution in [0.2, 0.25) is 0 Å². The molecule has 0 aliphatic carbocycles. The molecule has 0 aliphatic rings. The van der Waals surface area contributed by atoms with E-state index < -0.39 is 0 Å². The number of nitrogens with zero attached hydrogens (tertiary/aromatic N) is 1. The van der Waals surface area contributed by atoms with Crippen molar-refractivity contribution in [1.82, 2.24) is 5.32 Å². The standard InChI is InChI=1S/C6H12N2.C2H6/c1-4-6(7-3)8-5-2;1-2/h5H,2,4H2,1,3H3,(H,7,8);1-2H3. The fourth-order valence-corrected chi connectivity index (χ4v) is 0.443. The summed E-state index contributed by atoms with van der Waals surface area (Å²) >= 11 is 0. The summed E-state index contributed by atoms with van der Waals surface area (Å²) < 4.78 is 0. The minimum Gasteiger partial charge on any atom is -0.351 e. The van der Waals surface area contributed by atoms with Gasteiger partial charge in [0.1, 0.15) is 0 Å². The van der Waals surface area contributed by atoms with E-state index in [4.69, 9.17) is 0 Å². The lowest BCUT2D eigenvalue weighted by molar-refractivity contribution is 1.12. The maximum Gasteiger partial charge on any atom is 0.0995 e. The summed E-state index contributed by atoms with van der Waals surface area (Å²) in [4.78, 5) is 3.93. The quantitative estimate of drug-likeness (QED) is 0.464. The van der Waals surface area contributed by atoms with Crippen molar-refractivity contribution in [2.45, 2.75) is 27.2 Å². The van der Waals surface area contributed by atoms with Crippen molar-refractivity contribution in [3.63, 3.8) is 0 Å². The third kappa shape index (κ3) is 7.21. The zero-order valence-corrected chi connectivity index (χ0v) is 7.44. The molecule has 0 amide bonds. The second kappa shape index (κ2) is 11.1. The van der Waals surface area contributed by atoms with Gasteiger partial charge in [-0.25, -0.2) is 0 Å². The smallest absolute Gasteiger partial charge is 0.0995 e. The fourth-order valence-electron chi connectivity index (χ4n) is 0.443. The lowest BCUT2D eigenvalue weighted by Crippen LogP contribution is -2.14. The average Bonchev–Trinajstić information content (AvgIpc) is 2.04. The van der Waals surface area contributed by atoms with Crippen LogP contribution in [0, 0.1) is 0 Å². The number of hydrogen-bond donors (Lipinski definition) is 1. The Labute approximate surface area is 64.1 Å². The minimum absolute atomic E-state index is 0.933. The van der Waals surface area contributed by atoms with Gasteiger partial charge < -0.3 is 5.32 Å². The van der Waals surface area contributed by atoms with E-state index in [0.717, 1.165) is 12.3 Å². The van der Waals surface area contributed by atoms with E-state index in [-0.39, 0.29) is 0 Å². The Morgan fingerprint density at radius 3 is 2.20 bits per heavy atom. The van der Waals surface area contributed by atoms with Crippen LogP contribution in [0.25, 0.3) is 0 Å². The monoisotopic (exact) mass is 142 g/mol. The molecule has 0 saturated heterocycles. The van der Waals surface area contributed by atoms with Crippen LogP contribution in [-0.2, 0) is 0 Å². The molecule has 0 aliphatic heterocycles. The molecule has 1 N–H and O–H groups in total. The molecular formula is C8H18N2. The Bertz CT molecular complexity index is 95.4. The van der Waals surface area contributed by atoms with E-state index in [1.165, 1.54) is 0 Å². The largest absolute Gasteiger partial charge is 0.351 e. The van der Waals surface area contributed by atoms with Crippen LogP contribution in [-0.4, -0.2) is 12.9 Å². The second-order valence-electron chi connectivity index (χ2n) is 1.37. The summed E-state index contributed by atoms with van der Waals surface area (Å²) in [5.74, 6) is 0.972. The molecule has 0 rings (SSSR count). The van der Waals surface area contributed by atoms with Crippen LogP contribution < -0.4 is 5.32 Å². The Hall–Kier alpha value is -0.790. The zero-order valence-electron chi connectivity index (χ0n) is 7.44. The lowest BCUT2D eigenvalue weighted by Gasteiger charge is -1.97. The van der Waals surface area contributed by atoms with E-state index in [9.17, 15) is 0 Å². The maximum atomic E-state index is 3.93. The SMILES string of the molecule is C=CNC(CC)=NC.CC. The van der Waals surface area contributed by atoms with Crippen molar-refractivity contribution in [2.75, 3.05) is 7.05 Å². The fraction of sp³-hybridized carbons (Fsp3) is 0.625. The Morgan fingerprint density at radius 2 is 2.10 bits per heavy atom. The third-order valence-electron chi connectivity index (χ3n) is 0.873. The summed E-state index contributed by atoms with van der Waals surface area (Å²) in [6, 6.07) is 0.